The fourth-order valence-electron chi connectivity index (χ4n) is 14.0. The number of carbonyl (C=O) groups excluding carboxylic acids is 3. The predicted octanol–water partition coefficient (Wildman–Crippen LogP) is 8.22. The number of fused-ring (bicyclic) bond motifs is 11. The number of aromatic nitrogens is 1. The molecule has 300 valence electrons. The molecule has 9 heteroatoms. The molecule has 4 aliphatic carbocycles. The number of carbonyl (C=O) groups is 3. The number of imide groups is 1. The number of Topliss-reactive ketones (excluding diaryl/α,β-unsaturated/α-hetero) is 1. The summed E-state index contributed by atoms with van der Waals surface area (Å²) in [6.07, 6.45) is 9.25. The minimum Gasteiger partial charge on any atom is -0.392 e. The lowest BCUT2D eigenvalue weighted by Gasteiger charge is -2.64. The lowest BCUT2D eigenvalue weighted by atomic mass is 9.40. The normalized spacial score (nSPS) is 38.6. The second-order valence-electron chi connectivity index (χ2n) is 20.7. The van der Waals surface area contributed by atoms with Gasteiger partial charge in [0.1, 0.15) is 11.6 Å². The minimum absolute atomic E-state index is 0.0179. The van der Waals surface area contributed by atoms with E-state index in [-0.39, 0.29) is 46.9 Å². The van der Waals surface area contributed by atoms with Crippen LogP contribution in [0.3, 0.4) is 0 Å². The number of ether oxygens (including phenoxy) is 1. The van der Waals surface area contributed by atoms with Gasteiger partial charge in [-0.25, -0.2) is 4.79 Å². The van der Waals surface area contributed by atoms with Crippen LogP contribution in [0.1, 0.15) is 147 Å². The number of nitrogens with zero attached hydrogens (tertiary/aromatic N) is 3. The lowest BCUT2D eigenvalue weighted by Crippen LogP contribution is -2.62. The van der Waals surface area contributed by atoms with E-state index in [1.54, 1.807) is 18.7 Å². The lowest BCUT2D eigenvalue weighted by molar-refractivity contribution is -0.145. The molecule has 1 saturated heterocycles. The number of allylic oxidation sites excluding steroid dienone is 1. The quantitative estimate of drug-likeness (QED) is 0.235. The molecule has 3 amide bonds. The molecule has 0 spiro atoms. The molecule has 4 heterocycles. The Morgan fingerprint density at radius 3 is 2.36 bits per heavy atom. The van der Waals surface area contributed by atoms with E-state index in [1.807, 2.05) is 19.9 Å². The molecule has 1 aromatic carbocycles. The van der Waals surface area contributed by atoms with Crippen LogP contribution in [0.4, 0.5) is 4.79 Å². The summed E-state index contributed by atoms with van der Waals surface area (Å²) in [4.78, 5) is 44.3. The van der Waals surface area contributed by atoms with Gasteiger partial charge in [-0.3, -0.25) is 14.5 Å². The monoisotopic (exact) mass is 763 g/mol. The van der Waals surface area contributed by atoms with Gasteiger partial charge in [0.15, 0.2) is 5.78 Å². The first-order chi connectivity index (χ1) is 26.0. The van der Waals surface area contributed by atoms with E-state index in [0.717, 1.165) is 58.9 Å². The molecule has 56 heavy (non-hydrogen) atoms. The fourth-order valence-corrected chi connectivity index (χ4v) is 14.0. The van der Waals surface area contributed by atoms with Gasteiger partial charge in [0.2, 0.25) is 0 Å². The van der Waals surface area contributed by atoms with Crippen LogP contribution < -0.4 is 0 Å². The fraction of sp³-hybridized carbons (Fsp3) is 0.638. The maximum atomic E-state index is 15.0. The third kappa shape index (κ3) is 4.35. The van der Waals surface area contributed by atoms with Gasteiger partial charge in [0.05, 0.1) is 34.5 Å². The number of aliphatic hydroxyl groups is 2. The number of ketones is 1. The summed E-state index contributed by atoms with van der Waals surface area (Å²) >= 11 is 0. The average Bonchev–Trinajstić information content (AvgIpc) is 3.80. The van der Waals surface area contributed by atoms with Gasteiger partial charge in [0.25, 0.3) is 5.91 Å². The largest absolute Gasteiger partial charge is 0.392 e. The van der Waals surface area contributed by atoms with Crippen LogP contribution in [0.15, 0.2) is 36.4 Å². The highest BCUT2D eigenvalue weighted by molar-refractivity contribution is 6.18. The Bertz CT molecular complexity index is 2240. The standard InChI is InChI=1S/C47H61N3O6/c1-13-48-40(54)43(6,7)49(41(48)55)20-14-18-45(10)30-16-15-25-21-28-27-22-26-29-23-42(4,5)56-44(8,9)34(29)37(52)32(26)33-36(27)50(35(24(2)3)38(33)53)39(28)47(25,12)46(30,11)19-17-31(45)51/h14,18,22-23,25,30-31,34-35,37,51-52H,2,13,15-17,19-21H2,1,3-12H3/b18-14+/t25?,30-,31-,34?,35-,37+,45-,46-,47+/m0/s1. The zero-order valence-electron chi connectivity index (χ0n) is 35.3. The Balaban J connectivity index is 1.18. The van der Waals surface area contributed by atoms with Crippen LogP contribution >= 0.6 is 0 Å². The van der Waals surface area contributed by atoms with E-state index in [0.29, 0.717) is 24.4 Å². The van der Waals surface area contributed by atoms with Crippen molar-refractivity contribution >= 4 is 34.2 Å². The number of urea groups is 1. The third-order valence-electron chi connectivity index (χ3n) is 16.6. The zero-order valence-corrected chi connectivity index (χ0v) is 35.3. The highest BCUT2D eigenvalue weighted by Crippen LogP contribution is 2.71. The highest BCUT2D eigenvalue weighted by atomic mass is 16.5. The number of benzene rings is 1. The second-order valence-corrected chi connectivity index (χ2v) is 20.7. The number of likely N-dealkylation sites (N-methyl/N-ethyl adjacent to an activating group) is 1. The van der Waals surface area contributed by atoms with E-state index < -0.39 is 40.4 Å². The molecule has 3 fully saturated rings. The van der Waals surface area contributed by atoms with Crippen molar-refractivity contribution in [3.8, 4) is 0 Å². The minimum atomic E-state index is -0.940. The van der Waals surface area contributed by atoms with Crippen molar-refractivity contribution in [1.82, 2.24) is 14.4 Å². The Labute approximate surface area is 331 Å². The number of hydrogen-bond acceptors (Lipinski definition) is 6. The molecule has 0 radical (unpaired) electrons. The first-order valence-corrected chi connectivity index (χ1v) is 21.0. The van der Waals surface area contributed by atoms with Crippen LogP contribution in [0, 0.1) is 28.6 Å². The summed E-state index contributed by atoms with van der Waals surface area (Å²) in [6, 6.07) is 1.47. The van der Waals surface area contributed by atoms with Crippen LogP contribution in [0.5, 0.6) is 0 Å². The van der Waals surface area contributed by atoms with Crippen LogP contribution in [0.2, 0.25) is 0 Å². The molecule has 3 aliphatic heterocycles. The molecule has 9 atom stereocenters. The topological polar surface area (TPSA) is 112 Å². The van der Waals surface area contributed by atoms with Crippen molar-refractivity contribution in [3.63, 3.8) is 0 Å². The van der Waals surface area contributed by atoms with Crippen molar-refractivity contribution < 1.29 is 29.3 Å². The molecule has 9 rings (SSSR count). The van der Waals surface area contributed by atoms with Crippen LogP contribution in [-0.2, 0) is 21.4 Å². The maximum Gasteiger partial charge on any atom is 0.327 e. The summed E-state index contributed by atoms with van der Waals surface area (Å²) in [6.45, 7) is 27.7. The highest BCUT2D eigenvalue weighted by Gasteiger charge is 2.68. The predicted molar refractivity (Wildman–Crippen MR) is 217 cm³/mol. The molecule has 2 unspecified atom stereocenters. The summed E-state index contributed by atoms with van der Waals surface area (Å²) in [5.74, 6) is 0.0255. The van der Waals surface area contributed by atoms with E-state index in [4.69, 9.17) is 4.74 Å². The van der Waals surface area contributed by atoms with Gasteiger partial charge < -0.3 is 24.4 Å². The summed E-state index contributed by atoms with van der Waals surface area (Å²) in [5.41, 5.74) is 4.52. The molecular weight excluding hydrogens is 703 g/mol. The number of aliphatic hydroxyl groups excluding tert-OH is 2. The number of amides is 3. The van der Waals surface area contributed by atoms with Crippen molar-refractivity contribution in [2.75, 3.05) is 13.1 Å². The van der Waals surface area contributed by atoms with Crippen LogP contribution in [-0.4, -0.2) is 78.2 Å². The molecule has 7 aliphatic rings. The zero-order chi connectivity index (χ0) is 40.6. The smallest absolute Gasteiger partial charge is 0.327 e. The van der Waals surface area contributed by atoms with Crippen LogP contribution in [0.25, 0.3) is 16.5 Å². The van der Waals surface area contributed by atoms with E-state index in [9.17, 15) is 24.6 Å². The first-order valence-electron chi connectivity index (χ1n) is 21.0. The SMILES string of the molecule is C=C(C)[C@H]1C(=O)c2c3c(cc4c5c(n1c24)[C@@]1(C)C(CC[C@H]2[C@](C)(/C=C/CN4C(=O)N(CC)C(=O)C4(C)C)[C@@H](O)CC[C@@]21C)C5)C1=CC(C)(C)OC(C)(C)C1[C@@H]3O. The Morgan fingerprint density at radius 1 is 1.02 bits per heavy atom. The second kappa shape index (κ2) is 11.4. The van der Waals surface area contributed by atoms with Crippen molar-refractivity contribution in [1.29, 1.82) is 0 Å². The van der Waals surface area contributed by atoms with Gasteiger partial charge in [0, 0.05) is 46.5 Å². The molecule has 9 nitrogen and oxygen atoms in total. The number of hydrogen-bond donors (Lipinski definition) is 2. The molecule has 0 bridgehead atoms. The van der Waals surface area contributed by atoms with Crippen molar-refractivity contribution in [2.45, 2.75) is 149 Å². The summed E-state index contributed by atoms with van der Waals surface area (Å²) < 4.78 is 8.90. The first kappa shape index (κ1) is 38.0. The summed E-state index contributed by atoms with van der Waals surface area (Å²) in [7, 11) is 0. The maximum absolute atomic E-state index is 15.0. The molecule has 2 N–H and O–H groups in total. The third-order valence-corrected chi connectivity index (χ3v) is 16.6. The van der Waals surface area contributed by atoms with Gasteiger partial charge >= 0.3 is 6.03 Å². The Morgan fingerprint density at radius 2 is 1.71 bits per heavy atom. The number of rotatable bonds is 5. The Hall–Kier alpha value is -3.53. The van der Waals surface area contributed by atoms with Gasteiger partial charge in [-0.1, -0.05) is 45.1 Å². The summed E-state index contributed by atoms with van der Waals surface area (Å²) in [5, 5.41) is 25.3. The van der Waals surface area contributed by atoms with Crippen molar-refractivity contribution in [2.24, 2.45) is 28.6 Å². The molecular formula is C47H61N3O6. The van der Waals surface area contributed by atoms with E-state index >= 15 is 0 Å². The van der Waals surface area contributed by atoms with Crippen molar-refractivity contribution in [3.05, 3.63) is 64.4 Å². The van der Waals surface area contributed by atoms with Gasteiger partial charge in [-0.05, 0) is 134 Å². The molecule has 2 aromatic rings. The molecule has 2 saturated carbocycles. The molecule has 1 aromatic heterocycles. The van der Waals surface area contributed by atoms with Gasteiger partial charge in [-0.2, -0.15) is 0 Å². The Kier molecular flexibility index (Phi) is 7.71. The van der Waals surface area contributed by atoms with E-state index in [1.165, 1.54) is 16.2 Å². The average molecular weight is 764 g/mol. The van der Waals surface area contributed by atoms with E-state index in [2.05, 4.69) is 77.8 Å². The van der Waals surface area contributed by atoms with Gasteiger partial charge in [-0.15, -0.1) is 0 Å².